The highest BCUT2D eigenvalue weighted by Gasteiger charge is 2.35. The first-order valence-corrected chi connectivity index (χ1v) is 6.60. The number of carboxylic acids is 1. The molecule has 3 nitrogen and oxygen atoms in total. The molecular formula is C16H25NO2. The van der Waals surface area contributed by atoms with Crippen LogP contribution < -0.4 is 0 Å². The molecular weight excluding hydrogens is 238 g/mol. The number of carbonyl (C=O) groups is 1. The van der Waals surface area contributed by atoms with Crippen molar-refractivity contribution in [2.24, 2.45) is 5.41 Å². The van der Waals surface area contributed by atoms with Gasteiger partial charge in [-0.05, 0) is 44.5 Å². The fraction of sp³-hybridized carbons (Fsp3) is 0.562. The second-order valence-corrected chi connectivity index (χ2v) is 6.29. The Morgan fingerprint density at radius 1 is 1.32 bits per heavy atom. The van der Waals surface area contributed by atoms with E-state index in [0.29, 0.717) is 0 Å². The van der Waals surface area contributed by atoms with Crippen LogP contribution in [0.15, 0.2) is 18.2 Å². The number of hydrogen-bond donors (Lipinski definition) is 1. The van der Waals surface area contributed by atoms with Crippen LogP contribution in [0.5, 0.6) is 0 Å². The van der Waals surface area contributed by atoms with Gasteiger partial charge < -0.3 is 10.0 Å². The molecule has 1 aromatic rings. The lowest BCUT2D eigenvalue weighted by atomic mass is 9.76. The molecule has 1 N–H and O–H groups in total. The van der Waals surface area contributed by atoms with Crippen molar-refractivity contribution in [2.45, 2.75) is 40.2 Å². The Morgan fingerprint density at radius 3 is 2.37 bits per heavy atom. The first-order chi connectivity index (χ1) is 8.65. The maximum atomic E-state index is 11.1. The van der Waals surface area contributed by atoms with Gasteiger partial charge in [-0.3, -0.25) is 4.79 Å². The van der Waals surface area contributed by atoms with E-state index in [1.165, 1.54) is 16.7 Å². The highest BCUT2D eigenvalue weighted by atomic mass is 16.4. The minimum atomic E-state index is -0.748. The summed E-state index contributed by atoms with van der Waals surface area (Å²) < 4.78 is 0. The average molecular weight is 263 g/mol. The number of rotatable bonds is 5. The van der Waals surface area contributed by atoms with Crippen LogP contribution in [0.25, 0.3) is 0 Å². The number of hydrogen-bond acceptors (Lipinski definition) is 2. The summed E-state index contributed by atoms with van der Waals surface area (Å²) in [5, 5.41) is 9.13. The van der Waals surface area contributed by atoms with Gasteiger partial charge in [-0.15, -0.1) is 0 Å². The zero-order chi connectivity index (χ0) is 14.8. The summed E-state index contributed by atoms with van der Waals surface area (Å²) in [5.41, 5.74) is 3.31. The molecule has 0 radical (unpaired) electrons. The highest BCUT2D eigenvalue weighted by Crippen LogP contribution is 2.41. The van der Waals surface area contributed by atoms with E-state index in [2.05, 4.69) is 36.9 Å². The van der Waals surface area contributed by atoms with Crippen molar-refractivity contribution in [2.75, 3.05) is 14.1 Å². The second-order valence-electron chi connectivity index (χ2n) is 6.29. The van der Waals surface area contributed by atoms with Gasteiger partial charge in [-0.2, -0.15) is 0 Å². The lowest BCUT2D eigenvalue weighted by Crippen LogP contribution is -2.35. The first kappa shape index (κ1) is 15.7. The summed E-state index contributed by atoms with van der Waals surface area (Å²) in [6.07, 6.45) is 0.156. The van der Waals surface area contributed by atoms with Crippen LogP contribution in [-0.2, 0) is 4.79 Å². The van der Waals surface area contributed by atoms with E-state index in [4.69, 9.17) is 5.11 Å². The van der Waals surface area contributed by atoms with Gasteiger partial charge >= 0.3 is 5.97 Å². The summed E-state index contributed by atoms with van der Waals surface area (Å²) in [4.78, 5) is 13.2. The second kappa shape index (κ2) is 5.74. The van der Waals surface area contributed by atoms with Gasteiger partial charge in [0, 0.05) is 6.04 Å². The molecule has 1 aromatic carbocycles. The molecule has 0 aliphatic rings. The Bertz CT molecular complexity index is 464. The Balaban J connectivity index is 3.27. The predicted molar refractivity (Wildman–Crippen MR) is 78.4 cm³/mol. The van der Waals surface area contributed by atoms with Crippen LogP contribution in [0.2, 0.25) is 0 Å². The van der Waals surface area contributed by atoms with Crippen LogP contribution in [0.1, 0.15) is 43.0 Å². The van der Waals surface area contributed by atoms with Crippen LogP contribution in [0.4, 0.5) is 0 Å². The molecule has 0 saturated carbocycles. The molecule has 1 unspecified atom stereocenters. The summed E-state index contributed by atoms with van der Waals surface area (Å²) in [6.45, 7) is 8.20. The molecule has 3 heteroatoms. The van der Waals surface area contributed by atoms with Crippen molar-refractivity contribution in [3.05, 3.63) is 34.9 Å². The Morgan fingerprint density at radius 2 is 1.89 bits per heavy atom. The van der Waals surface area contributed by atoms with Crippen molar-refractivity contribution >= 4 is 5.97 Å². The zero-order valence-electron chi connectivity index (χ0n) is 12.8. The van der Waals surface area contributed by atoms with Crippen LogP contribution in [0, 0.1) is 19.3 Å². The molecule has 0 amide bonds. The molecule has 0 aliphatic heterocycles. The van der Waals surface area contributed by atoms with Crippen molar-refractivity contribution in [1.29, 1.82) is 0 Å². The van der Waals surface area contributed by atoms with Gasteiger partial charge in [-0.1, -0.05) is 37.6 Å². The first-order valence-electron chi connectivity index (χ1n) is 6.60. The zero-order valence-corrected chi connectivity index (χ0v) is 12.8. The van der Waals surface area contributed by atoms with Gasteiger partial charge in [0.25, 0.3) is 0 Å². The lowest BCUT2D eigenvalue weighted by molar-refractivity contribution is -0.140. The highest BCUT2D eigenvalue weighted by molar-refractivity contribution is 5.67. The normalized spacial score (nSPS) is 13.6. The smallest absolute Gasteiger partial charge is 0.303 e. The number of carboxylic acid groups (broad SMARTS) is 1. The maximum Gasteiger partial charge on any atom is 0.303 e. The lowest BCUT2D eigenvalue weighted by Gasteiger charge is -2.39. The topological polar surface area (TPSA) is 40.5 Å². The summed E-state index contributed by atoms with van der Waals surface area (Å²) in [7, 11) is 4.02. The summed E-state index contributed by atoms with van der Waals surface area (Å²) in [6, 6.07) is 6.46. The third-order valence-electron chi connectivity index (χ3n) is 3.59. The number of aryl methyl sites for hydroxylation is 2. The monoisotopic (exact) mass is 263 g/mol. The Labute approximate surface area is 116 Å². The minimum absolute atomic E-state index is 0.0866. The van der Waals surface area contributed by atoms with Gasteiger partial charge in [-0.25, -0.2) is 0 Å². The van der Waals surface area contributed by atoms with Gasteiger partial charge in [0.2, 0.25) is 0 Å². The van der Waals surface area contributed by atoms with Gasteiger partial charge in [0.1, 0.15) is 0 Å². The van der Waals surface area contributed by atoms with Crippen LogP contribution >= 0.6 is 0 Å². The van der Waals surface area contributed by atoms with Gasteiger partial charge in [0.05, 0.1) is 6.42 Å². The van der Waals surface area contributed by atoms with Crippen LogP contribution in [0.3, 0.4) is 0 Å². The van der Waals surface area contributed by atoms with Crippen molar-refractivity contribution in [1.82, 2.24) is 4.90 Å². The third kappa shape index (κ3) is 3.80. The van der Waals surface area contributed by atoms with Crippen LogP contribution in [-0.4, -0.2) is 30.1 Å². The number of benzene rings is 1. The fourth-order valence-electron chi connectivity index (χ4n) is 2.94. The molecule has 0 saturated heterocycles. The van der Waals surface area contributed by atoms with Crippen molar-refractivity contribution < 1.29 is 9.90 Å². The van der Waals surface area contributed by atoms with Crippen molar-refractivity contribution in [3.63, 3.8) is 0 Å². The third-order valence-corrected chi connectivity index (χ3v) is 3.59. The average Bonchev–Trinajstić information content (AvgIpc) is 2.20. The Kier molecular flexibility index (Phi) is 4.75. The molecule has 0 aromatic heterocycles. The summed E-state index contributed by atoms with van der Waals surface area (Å²) >= 11 is 0. The Hall–Kier alpha value is -1.35. The van der Waals surface area contributed by atoms with E-state index in [1.54, 1.807) is 0 Å². The van der Waals surface area contributed by atoms with E-state index in [-0.39, 0.29) is 17.9 Å². The van der Waals surface area contributed by atoms with E-state index in [0.717, 1.165) is 0 Å². The number of aliphatic carboxylic acids is 1. The maximum absolute atomic E-state index is 11.1. The summed E-state index contributed by atoms with van der Waals surface area (Å²) in [5.74, 6) is -0.748. The molecule has 106 valence electrons. The van der Waals surface area contributed by atoms with E-state index < -0.39 is 5.97 Å². The van der Waals surface area contributed by atoms with E-state index in [9.17, 15) is 4.79 Å². The molecule has 0 spiro atoms. The minimum Gasteiger partial charge on any atom is -0.481 e. The SMILES string of the molecule is Cc1ccc(C)c(C(N(C)C)C(C)(C)CC(=O)O)c1. The molecule has 0 bridgehead atoms. The molecule has 0 aliphatic carbocycles. The predicted octanol–water partition coefficient (Wildman–Crippen LogP) is 3.41. The largest absolute Gasteiger partial charge is 0.481 e. The molecule has 0 heterocycles. The van der Waals surface area contributed by atoms with Gasteiger partial charge in [0.15, 0.2) is 0 Å². The van der Waals surface area contributed by atoms with E-state index >= 15 is 0 Å². The van der Waals surface area contributed by atoms with E-state index in [1.807, 2.05) is 27.9 Å². The van der Waals surface area contributed by atoms with Crippen molar-refractivity contribution in [3.8, 4) is 0 Å². The molecule has 1 rings (SSSR count). The molecule has 0 fully saturated rings. The number of nitrogens with zero attached hydrogens (tertiary/aromatic N) is 1. The molecule has 19 heavy (non-hydrogen) atoms. The fourth-order valence-corrected chi connectivity index (χ4v) is 2.94. The quantitative estimate of drug-likeness (QED) is 0.885. The molecule has 1 atom stereocenters. The standard InChI is InChI=1S/C16H25NO2/c1-11-7-8-12(2)13(9-11)15(17(5)6)16(3,4)10-14(18)19/h7-9,15H,10H2,1-6H3,(H,18,19).